The van der Waals surface area contributed by atoms with Gasteiger partial charge in [-0.25, -0.2) is 4.39 Å². The number of aryl methyl sites for hydroxylation is 1. The van der Waals surface area contributed by atoms with Gasteiger partial charge in [0.05, 0.1) is 4.58 Å². The summed E-state index contributed by atoms with van der Waals surface area (Å²) in [5, 5.41) is 0. The van der Waals surface area contributed by atoms with Gasteiger partial charge in [-0.1, -0.05) is 90.2 Å². The molecule has 3 heteroatoms. The summed E-state index contributed by atoms with van der Waals surface area (Å²) in [5.41, 5.74) is 2.11. The van der Waals surface area contributed by atoms with Gasteiger partial charge in [-0.2, -0.15) is 0 Å². The normalized spacial score (nSPS) is 26.8. The fraction of sp³-hybridized carbons (Fsp3) is 0.786. The quantitative estimate of drug-likeness (QED) is 0.282. The molecule has 0 unspecified atom stereocenters. The number of hydrogen-bond acceptors (Lipinski definition) is 2. The molecule has 0 radical (unpaired) electrons. The Hall–Kier alpha value is -0.150. The zero-order chi connectivity index (χ0) is 21.9. The van der Waals surface area contributed by atoms with Crippen molar-refractivity contribution in [1.29, 1.82) is 0 Å². The summed E-state index contributed by atoms with van der Waals surface area (Å²) in [6.45, 7) is 4.54. The predicted octanol–water partition coefficient (Wildman–Crippen LogP) is 9.82. The third-order valence-electron chi connectivity index (χ3n) is 7.60. The van der Waals surface area contributed by atoms with Crippen molar-refractivity contribution in [1.82, 2.24) is 0 Å². The van der Waals surface area contributed by atoms with Gasteiger partial charge in [-0.3, -0.25) is 0 Å². The van der Waals surface area contributed by atoms with Crippen molar-refractivity contribution in [3.8, 4) is 0 Å². The summed E-state index contributed by atoms with van der Waals surface area (Å²) in [4.78, 5) is 0. The molecular weight excluding hydrogens is 419 g/mol. The molecule has 0 bridgehead atoms. The molecule has 1 aliphatic heterocycles. The zero-order valence-corrected chi connectivity index (χ0v) is 21.7. The fourth-order valence-electron chi connectivity index (χ4n) is 5.45. The van der Waals surface area contributed by atoms with E-state index in [0.29, 0.717) is 4.58 Å². The van der Waals surface area contributed by atoms with Crippen LogP contribution in [0.5, 0.6) is 0 Å². The van der Waals surface area contributed by atoms with E-state index in [0.717, 1.165) is 36.2 Å². The molecule has 2 aliphatic rings. The SMILES string of the molecule is CCCCCCCc1ccc(C2SCC([C@H]3CC[C@H](CCCCC)CC3)CS2)cc1F. The largest absolute Gasteiger partial charge is 0.207 e. The molecular formula is C28H45FS2. The van der Waals surface area contributed by atoms with E-state index >= 15 is 0 Å². The molecule has 0 aromatic heterocycles. The maximum absolute atomic E-state index is 14.7. The number of hydrogen-bond donors (Lipinski definition) is 0. The van der Waals surface area contributed by atoms with E-state index in [2.05, 4.69) is 49.5 Å². The molecule has 1 aliphatic carbocycles. The lowest BCUT2D eigenvalue weighted by Gasteiger charge is -2.37. The number of halogens is 1. The Balaban J connectivity index is 1.39. The maximum Gasteiger partial charge on any atom is 0.126 e. The lowest BCUT2D eigenvalue weighted by Crippen LogP contribution is -2.27. The van der Waals surface area contributed by atoms with Gasteiger partial charge in [0.2, 0.25) is 0 Å². The van der Waals surface area contributed by atoms with Crippen LogP contribution in [0.4, 0.5) is 4.39 Å². The van der Waals surface area contributed by atoms with Gasteiger partial charge in [0.15, 0.2) is 0 Å². The molecule has 1 heterocycles. The minimum Gasteiger partial charge on any atom is -0.207 e. The second-order valence-corrected chi connectivity index (χ2v) is 12.6. The van der Waals surface area contributed by atoms with Crippen LogP contribution in [-0.4, -0.2) is 11.5 Å². The summed E-state index contributed by atoms with van der Waals surface area (Å²) in [5.74, 6) is 5.38. The monoisotopic (exact) mass is 464 g/mol. The van der Waals surface area contributed by atoms with Crippen LogP contribution in [0.25, 0.3) is 0 Å². The molecule has 3 rings (SSSR count). The first-order valence-electron chi connectivity index (χ1n) is 13.2. The highest BCUT2D eigenvalue weighted by Crippen LogP contribution is 2.49. The van der Waals surface area contributed by atoms with Crippen molar-refractivity contribution in [2.24, 2.45) is 17.8 Å². The third-order valence-corrected chi connectivity index (χ3v) is 10.8. The lowest BCUT2D eigenvalue weighted by atomic mass is 9.75. The Morgan fingerprint density at radius 1 is 0.806 bits per heavy atom. The first-order valence-corrected chi connectivity index (χ1v) is 15.3. The number of benzene rings is 1. The van der Waals surface area contributed by atoms with Crippen LogP contribution in [0.1, 0.15) is 113 Å². The van der Waals surface area contributed by atoms with Crippen molar-refractivity contribution < 1.29 is 4.39 Å². The van der Waals surface area contributed by atoms with E-state index in [1.807, 2.05) is 6.07 Å². The van der Waals surface area contributed by atoms with Crippen LogP contribution < -0.4 is 0 Å². The number of rotatable bonds is 12. The van der Waals surface area contributed by atoms with Gasteiger partial charge < -0.3 is 0 Å². The molecule has 0 spiro atoms. The van der Waals surface area contributed by atoms with Gasteiger partial charge >= 0.3 is 0 Å². The summed E-state index contributed by atoms with van der Waals surface area (Å²) < 4.78 is 15.1. The van der Waals surface area contributed by atoms with Gasteiger partial charge in [0.25, 0.3) is 0 Å². The third kappa shape index (κ3) is 8.29. The molecule has 31 heavy (non-hydrogen) atoms. The molecule has 2 fully saturated rings. The molecule has 0 atom stereocenters. The Morgan fingerprint density at radius 3 is 2.16 bits per heavy atom. The Kier molecular flexibility index (Phi) is 11.7. The summed E-state index contributed by atoms with van der Waals surface area (Å²) in [6.07, 6.45) is 18.6. The van der Waals surface area contributed by atoms with Crippen molar-refractivity contribution in [3.05, 3.63) is 35.1 Å². The highest BCUT2D eigenvalue weighted by atomic mass is 32.2. The number of unbranched alkanes of at least 4 members (excludes halogenated alkanes) is 6. The Labute approximate surface area is 200 Å². The first kappa shape index (κ1) is 25.5. The Morgan fingerprint density at radius 2 is 1.48 bits per heavy atom. The van der Waals surface area contributed by atoms with Crippen LogP contribution in [0.15, 0.2) is 18.2 Å². The average Bonchev–Trinajstić information content (AvgIpc) is 2.80. The number of thioether (sulfide) groups is 2. The molecule has 0 nitrogen and oxygen atoms in total. The first-order chi connectivity index (χ1) is 15.2. The maximum atomic E-state index is 14.7. The summed E-state index contributed by atoms with van der Waals surface area (Å²) in [7, 11) is 0. The van der Waals surface area contributed by atoms with E-state index in [1.54, 1.807) is 0 Å². The second-order valence-electron chi connectivity index (χ2n) is 10.1. The zero-order valence-electron chi connectivity index (χ0n) is 20.0. The molecule has 0 N–H and O–H groups in total. The topological polar surface area (TPSA) is 0 Å². The minimum absolute atomic E-state index is 0.0257. The van der Waals surface area contributed by atoms with Crippen LogP contribution in [0.2, 0.25) is 0 Å². The molecule has 176 valence electrons. The van der Waals surface area contributed by atoms with Gasteiger partial charge in [0, 0.05) is 0 Å². The van der Waals surface area contributed by atoms with Crippen molar-refractivity contribution >= 4 is 23.5 Å². The van der Waals surface area contributed by atoms with Gasteiger partial charge in [-0.15, -0.1) is 23.5 Å². The van der Waals surface area contributed by atoms with Crippen LogP contribution in [-0.2, 0) is 6.42 Å². The van der Waals surface area contributed by atoms with Crippen LogP contribution in [0, 0.1) is 23.6 Å². The molecule has 1 saturated heterocycles. The molecule has 1 aromatic rings. The van der Waals surface area contributed by atoms with E-state index in [1.165, 1.54) is 94.1 Å². The molecule has 1 aromatic carbocycles. The Bertz CT molecular complexity index is 615. The molecule has 0 amide bonds. The van der Waals surface area contributed by atoms with E-state index < -0.39 is 0 Å². The second kappa shape index (κ2) is 14.2. The summed E-state index contributed by atoms with van der Waals surface area (Å²) in [6, 6.07) is 6.11. The fourth-order valence-corrected chi connectivity index (χ4v) is 8.75. The lowest BCUT2D eigenvalue weighted by molar-refractivity contribution is 0.218. The van der Waals surface area contributed by atoms with Crippen molar-refractivity contribution in [2.45, 2.75) is 108 Å². The highest BCUT2D eigenvalue weighted by molar-refractivity contribution is 8.16. The van der Waals surface area contributed by atoms with E-state index in [4.69, 9.17) is 0 Å². The predicted molar refractivity (Wildman–Crippen MR) is 140 cm³/mol. The van der Waals surface area contributed by atoms with E-state index in [9.17, 15) is 4.39 Å². The smallest absolute Gasteiger partial charge is 0.126 e. The highest BCUT2D eigenvalue weighted by Gasteiger charge is 2.32. The van der Waals surface area contributed by atoms with Crippen LogP contribution in [0.3, 0.4) is 0 Å². The van der Waals surface area contributed by atoms with Gasteiger partial charge in [0.1, 0.15) is 5.82 Å². The van der Waals surface area contributed by atoms with Crippen LogP contribution >= 0.6 is 23.5 Å². The summed E-state index contributed by atoms with van der Waals surface area (Å²) >= 11 is 4.15. The standard InChI is InChI=1S/C28H45FS2/c1-3-5-7-8-10-12-24-17-18-25(19-27(24)29)28-30-20-26(21-31-28)23-15-13-22(14-16-23)11-9-6-4-2/h17-19,22-23,26,28H,3-16,20-21H2,1-2H3/t22-,23-,26?,28?. The molecule has 1 saturated carbocycles. The van der Waals surface area contributed by atoms with Crippen molar-refractivity contribution in [2.75, 3.05) is 11.5 Å². The average molecular weight is 465 g/mol. The minimum atomic E-state index is 0.0257. The van der Waals surface area contributed by atoms with E-state index in [-0.39, 0.29) is 5.82 Å². The van der Waals surface area contributed by atoms with Gasteiger partial charge in [-0.05, 0) is 72.1 Å². The van der Waals surface area contributed by atoms with Crippen molar-refractivity contribution in [3.63, 3.8) is 0 Å².